The molecule has 1 heterocycles. The van der Waals surface area contributed by atoms with E-state index in [4.69, 9.17) is 4.42 Å². The van der Waals surface area contributed by atoms with Crippen molar-refractivity contribution in [1.82, 2.24) is 4.90 Å². The van der Waals surface area contributed by atoms with Crippen molar-refractivity contribution in [3.8, 4) is 0 Å². The number of alkyl halides is 3. The van der Waals surface area contributed by atoms with E-state index in [0.717, 1.165) is 6.07 Å². The SMILES string of the molecule is COC(=O)c1occc1CN(C)Cc1ccccc1C(F)(F)F. The first-order valence-corrected chi connectivity index (χ1v) is 6.81. The smallest absolute Gasteiger partial charge is 0.416 e. The largest absolute Gasteiger partial charge is 0.463 e. The van der Waals surface area contributed by atoms with E-state index in [0.29, 0.717) is 5.56 Å². The molecule has 0 saturated heterocycles. The Bertz CT molecular complexity index is 679. The van der Waals surface area contributed by atoms with Crippen molar-refractivity contribution in [2.45, 2.75) is 19.3 Å². The van der Waals surface area contributed by atoms with Gasteiger partial charge in [0.25, 0.3) is 0 Å². The van der Waals surface area contributed by atoms with E-state index in [-0.39, 0.29) is 24.4 Å². The molecular weight excluding hydrogens is 311 g/mol. The molecule has 0 aliphatic heterocycles. The third-order valence-corrected chi connectivity index (χ3v) is 3.32. The highest BCUT2D eigenvalue weighted by Gasteiger charge is 2.33. The van der Waals surface area contributed by atoms with Gasteiger partial charge in [0, 0.05) is 18.7 Å². The first-order chi connectivity index (χ1) is 10.8. The van der Waals surface area contributed by atoms with Crippen LogP contribution in [0.15, 0.2) is 41.0 Å². The van der Waals surface area contributed by atoms with Crippen molar-refractivity contribution in [2.24, 2.45) is 0 Å². The number of nitrogens with zero attached hydrogens (tertiary/aromatic N) is 1. The van der Waals surface area contributed by atoms with Gasteiger partial charge in [0.1, 0.15) is 0 Å². The summed E-state index contributed by atoms with van der Waals surface area (Å²) in [5.41, 5.74) is 0.0710. The van der Waals surface area contributed by atoms with Crippen LogP contribution in [-0.2, 0) is 24.0 Å². The predicted molar refractivity (Wildman–Crippen MR) is 76.7 cm³/mol. The molecule has 0 bridgehead atoms. The van der Waals surface area contributed by atoms with Crippen molar-refractivity contribution in [3.63, 3.8) is 0 Å². The molecule has 2 aromatic rings. The van der Waals surface area contributed by atoms with Gasteiger partial charge in [-0.2, -0.15) is 13.2 Å². The van der Waals surface area contributed by atoms with Crippen molar-refractivity contribution >= 4 is 5.97 Å². The van der Waals surface area contributed by atoms with Crippen molar-refractivity contribution in [2.75, 3.05) is 14.2 Å². The van der Waals surface area contributed by atoms with Gasteiger partial charge < -0.3 is 9.15 Å². The van der Waals surface area contributed by atoms with Crippen molar-refractivity contribution < 1.29 is 27.1 Å². The van der Waals surface area contributed by atoms with Gasteiger partial charge in [0.05, 0.1) is 18.9 Å². The maximum Gasteiger partial charge on any atom is 0.416 e. The minimum Gasteiger partial charge on any atom is -0.463 e. The molecule has 7 heteroatoms. The van der Waals surface area contributed by atoms with Crippen LogP contribution in [-0.4, -0.2) is 25.0 Å². The number of hydrogen-bond donors (Lipinski definition) is 0. The van der Waals surface area contributed by atoms with Crippen molar-refractivity contribution in [3.05, 3.63) is 59.0 Å². The number of ether oxygens (including phenoxy) is 1. The third kappa shape index (κ3) is 4.13. The standard InChI is InChI=1S/C16H16F3NO3/c1-20(10-12-7-8-23-14(12)15(21)22-2)9-11-5-3-4-6-13(11)16(17,18)19/h3-8H,9-10H2,1-2H3. The van der Waals surface area contributed by atoms with Gasteiger partial charge in [-0.15, -0.1) is 0 Å². The molecule has 124 valence electrons. The van der Waals surface area contributed by atoms with Crippen LogP contribution in [0.2, 0.25) is 0 Å². The molecule has 23 heavy (non-hydrogen) atoms. The van der Waals surface area contributed by atoms with Gasteiger partial charge in [0.2, 0.25) is 5.76 Å². The molecule has 0 unspecified atom stereocenters. The van der Waals surface area contributed by atoms with Gasteiger partial charge in [-0.3, -0.25) is 4.90 Å². The summed E-state index contributed by atoms with van der Waals surface area (Å²) in [6.07, 6.45) is -3.05. The summed E-state index contributed by atoms with van der Waals surface area (Å²) in [4.78, 5) is 13.2. The Morgan fingerprint density at radius 2 is 1.83 bits per heavy atom. The van der Waals surface area contributed by atoms with Gasteiger partial charge in [0.15, 0.2) is 0 Å². The minimum absolute atomic E-state index is 0.0588. The van der Waals surface area contributed by atoms with E-state index in [2.05, 4.69) is 4.74 Å². The lowest BCUT2D eigenvalue weighted by Gasteiger charge is -2.19. The Morgan fingerprint density at radius 1 is 1.17 bits per heavy atom. The number of carbonyl (C=O) groups excluding carboxylic acids is 1. The van der Waals surface area contributed by atoms with E-state index < -0.39 is 17.7 Å². The number of carbonyl (C=O) groups is 1. The quantitative estimate of drug-likeness (QED) is 0.785. The zero-order chi connectivity index (χ0) is 17.0. The van der Waals surface area contributed by atoms with E-state index >= 15 is 0 Å². The molecule has 1 aromatic carbocycles. The fourth-order valence-corrected chi connectivity index (χ4v) is 2.30. The van der Waals surface area contributed by atoms with Crippen LogP contribution in [0.25, 0.3) is 0 Å². The first-order valence-electron chi connectivity index (χ1n) is 6.81. The van der Waals surface area contributed by atoms with Crippen LogP contribution in [0.5, 0.6) is 0 Å². The number of hydrogen-bond acceptors (Lipinski definition) is 4. The number of esters is 1. The number of benzene rings is 1. The highest BCUT2D eigenvalue weighted by atomic mass is 19.4. The Morgan fingerprint density at radius 3 is 2.48 bits per heavy atom. The second-order valence-corrected chi connectivity index (χ2v) is 5.09. The Labute approximate surface area is 131 Å². The molecule has 0 saturated carbocycles. The highest BCUT2D eigenvalue weighted by Crippen LogP contribution is 2.32. The highest BCUT2D eigenvalue weighted by molar-refractivity contribution is 5.87. The van der Waals surface area contributed by atoms with E-state index in [1.807, 2.05) is 0 Å². The molecule has 0 radical (unpaired) electrons. The average molecular weight is 327 g/mol. The molecule has 0 N–H and O–H groups in total. The van der Waals surface area contributed by atoms with Crippen LogP contribution >= 0.6 is 0 Å². The Hall–Kier alpha value is -2.28. The maximum absolute atomic E-state index is 13.0. The monoisotopic (exact) mass is 327 g/mol. The van der Waals surface area contributed by atoms with Gasteiger partial charge in [-0.05, 0) is 24.7 Å². The lowest BCUT2D eigenvalue weighted by atomic mass is 10.1. The van der Waals surface area contributed by atoms with E-state index in [1.165, 1.54) is 25.5 Å². The molecule has 0 aliphatic rings. The molecule has 1 aromatic heterocycles. The summed E-state index contributed by atoms with van der Waals surface area (Å²) in [5, 5.41) is 0. The lowest BCUT2D eigenvalue weighted by Crippen LogP contribution is -2.21. The second-order valence-electron chi connectivity index (χ2n) is 5.09. The summed E-state index contributed by atoms with van der Waals surface area (Å²) >= 11 is 0. The molecule has 0 aliphatic carbocycles. The average Bonchev–Trinajstić information content (AvgIpc) is 2.93. The fourth-order valence-electron chi connectivity index (χ4n) is 2.30. The summed E-state index contributed by atoms with van der Waals surface area (Å²) in [6.45, 7) is 0.342. The summed E-state index contributed by atoms with van der Waals surface area (Å²) in [7, 11) is 2.90. The number of rotatable bonds is 5. The van der Waals surface area contributed by atoms with Crippen LogP contribution in [0.1, 0.15) is 27.2 Å². The van der Waals surface area contributed by atoms with Gasteiger partial charge in [-0.25, -0.2) is 4.79 Å². The topological polar surface area (TPSA) is 42.7 Å². The van der Waals surface area contributed by atoms with Crippen LogP contribution in [0, 0.1) is 0 Å². The van der Waals surface area contributed by atoms with Gasteiger partial charge in [-0.1, -0.05) is 18.2 Å². The maximum atomic E-state index is 13.0. The molecule has 2 rings (SSSR count). The second kappa shape index (κ2) is 6.87. The van der Waals surface area contributed by atoms with Gasteiger partial charge >= 0.3 is 12.1 Å². The summed E-state index contributed by atoms with van der Waals surface area (Å²) in [6, 6.07) is 7.02. The zero-order valence-electron chi connectivity index (χ0n) is 12.7. The fraction of sp³-hybridized carbons (Fsp3) is 0.312. The molecule has 0 fully saturated rings. The van der Waals surface area contributed by atoms with Crippen molar-refractivity contribution in [1.29, 1.82) is 0 Å². The van der Waals surface area contributed by atoms with E-state index in [9.17, 15) is 18.0 Å². The van der Waals surface area contributed by atoms with Crippen LogP contribution in [0.3, 0.4) is 0 Å². The zero-order valence-corrected chi connectivity index (χ0v) is 12.7. The molecule has 0 atom stereocenters. The molecular formula is C16H16F3NO3. The molecule has 0 spiro atoms. The minimum atomic E-state index is -4.40. The van der Waals surface area contributed by atoms with Crippen LogP contribution in [0.4, 0.5) is 13.2 Å². The molecule has 4 nitrogen and oxygen atoms in total. The third-order valence-electron chi connectivity index (χ3n) is 3.32. The van der Waals surface area contributed by atoms with E-state index in [1.54, 1.807) is 24.1 Å². The molecule has 0 amide bonds. The number of furan rings is 1. The Balaban J connectivity index is 2.14. The number of methoxy groups -OCH3 is 1. The Kier molecular flexibility index (Phi) is 5.10. The summed E-state index contributed by atoms with van der Waals surface area (Å²) < 4.78 is 48.7. The first kappa shape index (κ1) is 17.1. The number of halogens is 3. The normalized spacial score (nSPS) is 11.7. The predicted octanol–water partition coefficient (Wildman–Crippen LogP) is 3.72. The van der Waals surface area contributed by atoms with Crippen LogP contribution < -0.4 is 0 Å². The summed E-state index contributed by atoms with van der Waals surface area (Å²) in [5.74, 6) is -0.558. The lowest BCUT2D eigenvalue weighted by molar-refractivity contribution is -0.138.